The molecule has 4 rings (SSSR count). The molecule has 1 atom stereocenters. The number of rotatable bonds is 4. The molecule has 1 unspecified atom stereocenters. The monoisotopic (exact) mass is 326 g/mol. The Kier molecular flexibility index (Phi) is 4.00. The standard InChI is InChI=1S/C19H22N2O3/c1-2-13-7-9-14(10-8-13)23-12-15-11-21-18(22)16-5-3-4-6-17(16)20-19(21)24-15/h7-10,15H,2-6,11-12H2,1H3. The van der Waals surface area contributed by atoms with Gasteiger partial charge in [-0.1, -0.05) is 19.1 Å². The first-order chi connectivity index (χ1) is 11.7. The van der Waals surface area contributed by atoms with Crippen LogP contribution in [-0.4, -0.2) is 22.3 Å². The van der Waals surface area contributed by atoms with Gasteiger partial charge < -0.3 is 9.47 Å². The highest BCUT2D eigenvalue weighted by molar-refractivity contribution is 5.27. The van der Waals surface area contributed by atoms with Crippen LogP contribution in [0, 0.1) is 0 Å². The van der Waals surface area contributed by atoms with Crippen molar-refractivity contribution in [2.75, 3.05) is 6.61 Å². The average molecular weight is 326 g/mol. The Bertz CT molecular complexity index is 795. The van der Waals surface area contributed by atoms with Crippen LogP contribution in [0.3, 0.4) is 0 Å². The second-order valence-electron chi connectivity index (χ2n) is 6.49. The van der Waals surface area contributed by atoms with E-state index in [1.54, 1.807) is 4.57 Å². The highest BCUT2D eigenvalue weighted by atomic mass is 16.6. The number of hydrogen-bond donors (Lipinski definition) is 0. The van der Waals surface area contributed by atoms with Gasteiger partial charge >= 0.3 is 0 Å². The van der Waals surface area contributed by atoms with Gasteiger partial charge in [-0.15, -0.1) is 0 Å². The van der Waals surface area contributed by atoms with Gasteiger partial charge in [0, 0.05) is 5.56 Å². The van der Waals surface area contributed by atoms with Crippen molar-refractivity contribution in [3.63, 3.8) is 0 Å². The lowest BCUT2D eigenvalue weighted by Crippen LogP contribution is -2.28. The van der Waals surface area contributed by atoms with Crippen molar-refractivity contribution in [3.05, 3.63) is 51.4 Å². The normalized spacial score (nSPS) is 18.6. The lowest BCUT2D eigenvalue weighted by Gasteiger charge is -2.14. The first kappa shape index (κ1) is 15.2. The highest BCUT2D eigenvalue weighted by Gasteiger charge is 2.29. The Morgan fingerprint density at radius 1 is 1.25 bits per heavy atom. The van der Waals surface area contributed by atoms with Crippen LogP contribution in [0.15, 0.2) is 29.1 Å². The Labute approximate surface area is 141 Å². The number of hydrogen-bond acceptors (Lipinski definition) is 4. The number of fused-ring (bicyclic) bond motifs is 2. The summed E-state index contributed by atoms with van der Waals surface area (Å²) in [6, 6.07) is 8.55. The lowest BCUT2D eigenvalue weighted by atomic mass is 9.97. The molecule has 0 amide bonds. The van der Waals surface area contributed by atoms with Crippen molar-refractivity contribution in [3.8, 4) is 11.8 Å². The zero-order chi connectivity index (χ0) is 16.5. The molecule has 0 saturated heterocycles. The predicted molar refractivity (Wildman–Crippen MR) is 90.9 cm³/mol. The van der Waals surface area contributed by atoms with E-state index in [0.29, 0.717) is 19.2 Å². The smallest absolute Gasteiger partial charge is 0.300 e. The molecule has 1 aromatic heterocycles. The molecule has 5 nitrogen and oxygen atoms in total. The summed E-state index contributed by atoms with van der Waals surface area (Å²) in [5.74, 6) is 0.825. The molecule has 5 heteroatoms. The van der Waals surface area contributed by atoms with Crippen molar-refractivity contribution in [1.29, 1.82) is 0 Å². The van der Waals surface area contributed by atoms with Crippen molar-refractivity contribution >= 4 is 0 Å². The Morgan fingerprint density at radius 3 is 2.83 bits per heavy atom. The van der Waals surface area contributed by atoms with Crippen LogP contribution in [0.2, 0.25) is 0 Å². The van der Waals surface area contributed by atoms with E-state index in [1.807, 2.05) is 12.1 Å². The minimum Gasteiger partial charge on any atom is -0.490 e. The fourth-order valence-corrected chi connectivity index (χ4v) is 3.41. The molecule has 1 aromatic carbocycles. The van der Waals surface area contributed by atoms with Crippen LogP contribution in [0.25, 0.3) is 0 Å². The molecule has 24 heavy (non-hydrogen) atoms. The third-order valence-corrected chi connectivity index (χ3v) is 4.83. The molecule has 0 spiro atoms. The van der Waals surface area contributed by atoms with E-state index in [1.165, 1.54) is 5.56 Å². The van der Waals surface area contributed by atoms with Gasteiger partial charge in [-0.25, -0.2) is 4.98 Å². The number of nitrogens with zero attached hydrogens (tertiary/aromatic N) is 2. The van der Waals surface area contributed by atoms with Gasteiger partial charge in [-0.2, -0.15) is 0 Å². The molecular formula is C19H22N2O3. The van der Waals surface area contributed by atoms with Crippen LogP contribution in [0.1, 0.15) is 36.6 Å². The van der Waals surface area contributed by atoms with Crippen LogP contribution in [0.4, 0.5) is 0 Å². The summed E-state index contributed by atoms with van der Waals surface area (Å²) < 4.78 is 13.3. The first-order valence-corrected chi connectivity index (χ1v) is 8.75. The lowest BCUT2D eigenvalue weighted by molar-refractivity contribution is 0.143. The van der Waals surface area contributed by atoms with E-state index in [2.05, 4.69) is 24.0 Å². The SMILES string of the molecule is CCc1ccc(OCC2Cn3c(nc4c(c3=O)CCCC4)O2)cc1. The second-order valence-corrected chi connectivity index (χ2v) is 6.49. The number of ether oxygens (including phenoxy) is 2. The van der Waals surface area contributed by atoms with Gasteiger partial charge in [0.15, 0.2) is 6.10 Å². The zero-order valence-electron chi connectivity index (χ0n) is 14.0. The molecule has 2 aromatic rings. The average Bonchev–Trinajstić information content (AvgIpc) is 3.04. The summed E-state index contributed by atoms with van der Waals surface area (Å²) in [7, 11) is 0. The van der Waals surface area contributed by atoms with E-state index in [9.17, 15) is 4.79 Å². The van der Waals surface area contributed by atoms with Crippen LogP contribution in [-0.2, 0) is 25.8 Å². The fraction of sp³-hybridized carbons (Fsp3) is 0.474. The minimum atomic E-state index is -0.167. The summed E-state index contributed by atoms with van der Waals surface area (Å²) >= 11 is 0. The van der Waals surface area contributed by atoms with Crippen molar-refractivity contribution < 1.29 is 9.47 Å². The summed E-state index contributed by atoms with van der Waals surface area (Å²) in [6.45, 7) is 3.06. The second kappa shape index (κ2) is 6.30. The topological polar surface area (TPSA) is 53.4 Å². The van der Waals surface area contributed by atoms with E-state index >= 15 is 0 Å². The van der Waals surface area contributed by atoms with E-state index < -0.39 is 0 Å². The molecule has 2 aliphatic rings. The largest absolute Gasteiger partial charge is 0.490 e. The fourth-order valence-electron chi connectivity index (χ4n) is 3.41. The van der Waals surface area contributed by atoms with Crippen LogP contribution < -0.4 is 15.0 Å². The van der Waals surface area contributed by atoms with E-state index in [4.69, 9.17) is 9.47 Å². The Balaban J connectivity index is 1.45. The Morgan fingerprint density at radius 2 is 2.04 bits per heavy atom. The summed E-state index contributed by atoms with van der Waals surface area (Å²) in [4.78, 5) is 17.2. The van der Waals surface area contributed by atoms with Crippen LogP contribution >= 0.6 is 0 Å². The van der Waals surface area contributed by atoms with Crippen LogP contribution in [0.5, 0.6) is 11.8 Å². The molecule has 0 N–H and O–H groups in total. The van der Waals surface area contributed by atoms with Crippen molar-refractivity contribution in [2.45, 2.75) is 51.7 Å². The third kappa shape index (κ3) is 2.79. The maximum absolute atomic E-state index is 12.6. The number of aryl methyl sites for hydroxylation is 2. The molecule has 0 radical (unpaired) electrons. The minimum absolute atomic E-state index is 0.0736. The molecule has 0 saturated carbocycles. The first-order valence-electron chi connectivity index (χ1n) is 8.75. The van der Waals surface area contributed by atoms with Crippen molar-refractivity contribution in [1.82, 2.24) is 9.55 Å². The van der Waals surface area contributed by atoms with E-state index in [0.717, 1.165) is 49.1 Å². The van der Waals surface area contributed by atoms with Gasteiger partial charge in [0.2, 0.25) is 0 Å². The Hall–Kier alpha value is -2.30. The van der Waals surface area contributed by atoms with E-state index in [-0.39, 0.29) is 11.7 Å². The third-order valence-electron chi connectivity index (χ3n) is 4.83. The van der Waals surface area contributed by atoms with Gasteiger partial charge in [-0.3, -0.25) is 9.36 Å². The zero-order valence-corrected chi connectivity index (χ0v) is 14.0. The van der Waals surface area contributed by atoms with Gasteiger partial charge in [0.25, 0.3) is 11.6 Å². The summed E-state index contributed by atoms with van der Waals surface area (Å²) in [5, 5.41) is 0. The predicted octanol–water partition coefficient (Wildman–Crippen LogP) is 2.52. The van der Waals surface area contributed by atoms with Gasteiger partial charge in [0.1, 0.15) is 12.4 Å². The quantitative estimate of drug-likeness (QED) is 0.866. The maximum Gasteiger partial charge on any atom is 0.300 e. The molecular weight excluding hydrogens is 304 g/mol. The summed E-state index contributed by atoms with van der Waals surface area (Å²) in [6.07, 6.45) is 4.74. The van der Waals surface area contributed by atoms with Gasteiger partial charge in [-0.05, 0) is 49.8 Å². The highest BCUT2D eigenvalue weighted by Crippen LogP contribution is 2.24. The molecule has 126 valence electrons. The number of benzene rings is 1. The van der Waals surface area contributed by atoms with Gasteiger partial charge in [0.05, 0.1) is 12.2 Å². The maximum atomic E-state index is 12.6. The molecule has 1 aliphatic carbocycles. The summed E-state index contributed by atoms with van der Waals surface area (Å²) in [5.41, 5.74) is 3.16. The molecule has 1 aliphatic heterocycles. The number of aromatic nitrogens is 2. The van der Waals surface area contributed by atoms with Crippen molar-refractivity contribution in [2.24, 2.45) is 0 Å². The molecule has 0 fully saturated rings. The molecule has 0 bridgehead atoms. The molecule has 2 heterocycles.